The highest BCUT2D eigenvalue weighted by atomic mass is 16.5. The first-order chi connectivity index (χ1) is 15.5. The van der Waals surface area contributed by atoms with Crippen molar-refractivity contribution < 1.29 is 14.3 Å². The molecule has 5 heteroatoms. The molecule has 6 rings (SSSR count). The number of anilines is 1. The van der Waals surface area contributed by atoms with Gasteiger partial charge >= 0.3 is 6.03 Å². The van der Waals surface area contributed by atoms with E-state index in [0.29, 0.717) is 12.3 Å². The molecular formula is C27H24N2O3. The van der Waals surface area contributed by atoms with Crippen LogP contribution in [0.5, 0.6) is 5.75 Å². The van der Waals surface area contributed by atoms with Gasteiger partial charge in [0.2, 0.25) is 0 Å². The summed E-state index contributed by atoms with van der Waals surface area (Å²) in [4.78, 5) is 31.2. The van der Waals surface area contributed by atoms with Gasteiger partial charge in [-0.2, -0.15) is 0 Å². The highest BCUT2D eigenvalue weighted by molar-refractivity contribution is 6.24. The van der Waals surface area contributed by atoms with Gasteiger partial charge in [-0.3, -0.25) is 4.79 Å². The molecule has 3 aromatic carbocycles. The first kappa shape index (κ1) is 19.1. The molecule has 4 atom stereocenters. The van der Waals surface area contributed by atoms with E-state index in [1.54, 1.807) is 0 Å². The van der Waals surface area contributed by atoms with Gasteiger partial charge in [0.05, 0.1) is 18.3 Å². The summed E-state index contributed by atoms with van der Waals surface area (Å²) in [6.07, 6.45) is 0. The van der Waals surface area contributed by atoms with Gasteiger partial charge in [-0.05, 0) is 37.6 Å². The maximum absolute atomic E-state index is 14.1. The molecule has 3 aliphatic heterocycles. The Hall–Kier alpha value is -3.60. The lowest BCUT2D eigenvalue weighted by Gasteiger charge is -2.34. The molecule has 0 N–H and O–H groups in total. The number of rotatable bonds is 2. The van der Waals surface area contributed by atoms with E-state index in [1.165, 1.54) is 4.90 Å². The standard InChI is InChI=1S/C27H24N2O3/c1-17-12-14-19(15-13-17)28-25(30)27(2)23(18-8-4-3-5-9-18)21-16-32-22-11-7-6-10-20(22)24(21)29(27)26(28)31/h3-15,21,23-24H,16H2,1-2H3/t21-,23-,24-,27+/m1/s1. The van der Waals surface area contributed by atoms with Crippen LogP contribution in [-0.4, -0.2) is 29.0 Å². The van der Waals surface area contributed by atoms with E-state index in [9.17, 15) is 9.59 Å². The molecule has 3 amide bonds. The van der Waals surface area contributed by atoms with Crippen molar-refractivity contribution in [3.8, 4) is 5.75 Å². The Balaban J connectivity index is 1.56. The fourth-order valence-electron chi connectivity index (χ4n) is 5.96. The second-order valence-electron chi connectivity index (χ2n) is 9.12. The Kier molecular flexibility index (Phi) is 4.00. The molecular weight excluding hydrogens is 400 g/mol. The van der Waals surface area contributed by atoms with Gasteiger partial charge < -0.3 is 9.64 Å². The van der Waals surface area contributed by atoms with Crippen LogP contribution in [-0.2, 0) is 4.79 Å². The van der Waals surface area contributed by atoms with Crippen LogP contribution in [0.4, 0.5) is 10.5 Å². The second-order valence-corrected chi connectivity index (χ2v) is 9.12. The molecule has 0 radical (unpaired) electrons. The molecule has 3 heterocycles. The minimum atomic E-state index is -1.00. The molecule has 2 fully saturated rings. The first-order valence-corrected chi connectivity index (χ1v) is 11.0. The Morgan fingerprint density at radius 3 is 2.34 bits per heavy atom. The van der Waals surface area contributed by atoms with Gasteiger partial charge in [0, 0.05) is 17.4 Å². The van der Waals surface area contributed by atoms with Crippen molar-refractivity contribution in [3.63, 3.8) is 0 Å². The number of hydrogen-bond acceptors (Lipinski definition) is 3. The highest BCUT2D eigenvalue weighted by Gasteiger charge is 2.70. The molecule has 3 aliphatic rings. The summed E-state index contributed by atoms with van der Waals surface area (Å²) < 4.78 is 6.13. The average Bonchev–Trinajstić information content (AvgIpc) is 3.20. The van der Waals surface area contributed by atoms with Gasteiger partial charge in [0.1, 0.15) is 11.3 Å². The SMILES string of the molecule is Cc1ccc(N2C(=O)N3[C@@H]4c5ccccc5OC[C@@H]4[C@@H](c4ccccc4)[C@@]3(C)C2=O)cc1. The number of carbonyl (C=O) groups excluding carboxylic acids is 2. The average molecular weight is 425 g/mol. The fraction of sp³-hybridized carbons (Fsp3) is 0.259. The molecule has 0 aromatic heterocycles. The van der Waals surface area contributed by atoms with E-state index in [2.05, 4.69) is 12.1 Å². The monoisotopic (exact) mass is 424 g/mol. The van der Waals surface area contributed by atoms with Crippen molar-refractivity contribution in [1.82, 2.24) is 4.90 Å². The Bertz CT molecular complexity index is 1220. The number of imide groups is 1. The van der Waals surface area contributed by atoms with Crippen LogP contribution in [0.3, 0.4) is 0 Å². The number of para-hydroxylation sites is 1. The smallest absolute Gasteiger partial charge is 0.332 e. The van der Waals surface area contributed by atoms with Crippen LogP contribution in [0.2, 0.25) is 0 Å². The molecule has 0 unspecified atom stereocenters. The van der Waals surface area contributed by atoms with Gasteiger partial charge in [-0.15, -0.1) is 0 Å². The van der Waals surface area contributed by atoms with Crippen LogP contribution in [0.1, 0.15) is 35.6 Å². The largest absolute Gasteiger partial charge is 0.493 e. The summed E-state index contributed by atoms with van der Waals surface area (Å²) in [6.45, 7) is 4.39. The van der Waals surface area contributed by atoms with Gasteiger partial charge in [-0.1, -0.05) is 66.2 Å². The fourth-order valence-corrected chi connectivity index (χ4v) is 5.96. The minimum Gasteiger partial charge on any atom is -0.493 e. The maximum Gasteiger partial charge on any atom is 0.332 e. The molecule has 5 nitrogen and oxygen atoms in total. The summed E-state index contributed by atoms with van der Waals surface area (Å²) in [5.74, 6) is 0.435. The first-order valence-electron chi connectivity index (χ1n) is 11.0. The number of urea groups is 1. The maximum atomic E-state index is 14.1. The van der Waals surface area contributed by atoms with Crippen molar-refractivity contribution in [1.29, 1.82) is 0 Å². The predicted octanol–water partition coefficient (Wildman–Crippen LogP) is 5.07. The van der Waals surface area contributed by atoms with Gasteiger partial charge in [0.15, 0.2) is 0 Å². The third-order valence-electron chi connectivity index (χ3n) is 7.37. The van der Waals surface area contributed by atoms with E-state index in [-0.39, 0.29) is 29.8 Å². The van der Waals surface area contributed by atoms with Crippen molar-refractivity contribution in [3.05, 3.63) is 95.6 Å². The molecule has 2 saturated heterocycles. The van der Waals surface area contributed by atoms with E-state index < -0.39 is 5.54 Å². The van der Waals surface area contributed by atoms with Crippen molar-refractivity contribution in [2.45, 2.75) is 31.3 Å². The zero-order valence-electron chi connectivity index (χ0n) is 18.1. The molecule has 0 aliphatic carbocycles. The van der Waals surface area contributed by atoms with Crippen molar-refractivity contribution >= 4 is 17.6 Å². The summed E-state index contributed by atoms with van der Waals surface area (Å²) in [5, 5.41) is 0. The van der Waals surface area contributed by atoms with Crippen LogP contribution in [0.25, 0.3) is 0 Å². The Morgan fingerprint density at radius 1 is 0.906 bits per heavy atom. The van der Waals surface area contributed by atoms with E-state index in [4.69, 9.17) is 4.74 Å². The summed E-state index contributed by atoms with van der Waals surface area (Å²) >= 11 is 0. The van der Waals surface area contributed by atoms with Crippen LogP contribution >= 0.6 is 0 Å². The lowest BCUT2D eigenvalue weighted by atomic mass is 9.73. The lowest BCUT2D eigenvalue weighted by Crippen LogP contribution is -2.46. The topological polar surface area (TPSA) is 49.9 Å². The van der Waals surface area contributed by atoms with Gasteiger partial charge in [-0.25, -0.2) is 9.69 Å². The van der Waals surface area contributed by atoms with Crippen LogP contribution < -0.4 is 9.64 Å². The number of benzene rings is 3. The van der Waals surface area contributed by atoms with Crippen LogP contribution in [0.15, 0.2) is 78.9 Å². The van der Waals surface area contributed by atoms with Crippen molar-refractivity contribution in [2.75, 3.05) is 11.5 Å². The van der Waals surface area contributed by atoms with E-state index in [1.807, 2.05) is 85.5 Å². The predicted molar refractivity (Wildman–Crippen MR) is 122 cm³/mol. The minimum absolute atomic E-state index is 0.00892. The number of fused-ring (bicyclic) bond motifs is 5. The van der Waals surface area contributed by atoms with Crippen molar-refractivity contribution in [2.24, 2.45) is 5.92 Å². The molecule has 160 valence electrons. The quantitative estimate of drug-likeness (QED) is 0.540. The third-order valence-corrected chi connectivity index (χ3v) is 7.37. The normalized spacial score (nSPS) is 28.2. The van der Waals surface area contributed by atoms with E-state index >= 15 is 0 Å². The number of amides is 3. The number of carbonyl (C=O) groups is 2. The third kappa shape index (κ3) is 2.39. The van der Waals surface area contributed by atoms with Gasteiger partial charge in [0.25, 0.3) is 5.91 Å². The van der Waals surface area contributed by atoms with Crippen LogP contribution in [0, 0.1) is 12.8 Å². The molecule has 0 spiro atoms. The highest BCUT2D eigenvalue weighted by Crippen LogP contribution is 2.61. The molecule has 0 saturated carbocycles. The Labute approximate surface area is 187 Å². The number of nitrogens with zero attached hydrogens (tertiary/aromatic N) is 2. The lowest BCUT2D eigenvalue weighted by molar-refractivity contribution is -0.124. The second kappa shape index (κ2) is 6.70. The number of hydrogen-bond donors (Lipinski definition) is 0. The Morgan fingerprint density at radius 2 is 1.59 bits per heavy atom. The summed E-state index contributed by atoms with van der Waals surface area (Å²) in [7, 11) is 0. The zero-order valence-corrected chi connectivity index (χ0v) is 18.1. The number of aryl methyl sites for hydroxylation is 1. The molecule has 32 heavy (non-hydrogen) atoms. The molecule has 3 aromatic rings. The summed E-state index contributed by atoms with van der Waals surface area (Å²) in [5.41, 5.74) is 2.73. The van der Waals surface area contributed by atoms with E-state index in [0.717, 1.165) is 22.4 Å². The summed E-state index contributed by atoms with van der Waals surface area (Å²) in [6, 6.07) is 25.0. The molecule has 0 bridgehead atoms. The zero-order chi connectivity index (χ0) is 22.0. The number of ether oxygens (including phenoxy) is 1.